The van der Waals surface area contributed by atoms with Crippen molar-refractivity contribution in [3.63, 3.8) is 0 Å². The van der Waals surface area contributed by atoms with Gasteiger partial charge in [0.05, 0.1) is 0 Å². The first kappa shape index (κ1) is 15.8. The predicted molar refractivity (Wildman–Crippen MR) is 77.1 cm³/mol. The number of carbonyl (C=O) groups excluding carboxylic acids is 1. The van der Waals surface area contributed by atoms with Gasteiger partial charge < -0.3 is 10.2 Å². The van der Waals surface area contributed by atoms with Gasteiger partial charge in [0.2, 0.25) is 5.91 Å². The van der Waals surface area contributed by atoms with Crippen molar-refractivity contribution < 1.29 is 4.79 Å². The molecule has 106 valence electrons. The third-order valence-corrected chi connectivity index (χ3v) is 4.22. The normalized spacial score (nSPS) is 22.9. The summed E-state index contributed by atoms with van der Waals surface area (Å²) in [6.45, 7) is 8.21. The van der Waals surface area contributed by atoms with E-state index in [1.165, 1.54) is 12.8 Å². The summed E-state index contributed by atoms with van der Waals surface area (Å²) < 4.78 is 0. The lowest BCUT2D eigenvalue weighted by Crippen LogP contribution is -2.51. The van der Waals surface area contributed by atoms with Crippen molar-refractivity contribution in [1.29, 1.82) is 0 Å². The minimum atomic E-state index is -0.00843. The minimum Gasteiger partial charge on any atom is -0.340 e. The van der Waals surface area contributed by atoms with Gasteiger partial charge in [-0.3, -0.25) is 4.79 Å². The highest BCUT2D eigenvalue weighted by molar-refractivity contribution is 5.85. The van der Waals surface area contributed by atoms with Crippen LogP contribution in [-0.4, -0.2) is 37.0 Å². The van der Waals surface area contributed by atoms with Crippen LogP contribution in [0.3, 0.4) is 0 Å². The van der Waals surface area contributed by atoms with Gasteiger partial charge in [-0.15, -0.1) is 12.4 Å². The molecule has 0 atom stereocenters. The van der Waals surface area contributed by atoms with Crippen LogP contribution in [-0.2, 0) is 4.79 Å². The first-order valence-electron chi connectivity index (χ1n) is 7.14. The van der Waals surface area contributed by atoms with Gasteiger partial charge in [0.15, 0.2) is 0 Å². The monoisotopic (exact) mass is 274 g/mol. The molecule has 1 amide bonds. The van der Waals surface area contributed by atoms with E-state index < -0.39 is 0 Å². The molecule has 4 heteroatoms. The second kappa shape index (κ2) is 6.76. The number of piperazine rings is 1. The zero-order chi connectivity index (χ0) is 12.3. The van der Waals surface area contributed by atoms with Crippen molar-refractivity contribution in [3.8, 4) is 0 Å². The minimum absolute atomic E-state index is 0. The van der Waals surface area contributed by atoms with E-state index in [9.17, 15) is 4.79 Å². The second-order valence-corrected chi connectivity index (χ2v) is 6.13. The third-order valence-electron chi connectivity index (χ3n) is 4.22. The Hall–Kier alpha value is -0.280. The molecule has 1 saturated carbocycles. The molecule has 1 aliphatic heterocycles. The molecule has 0 aromatic heterocycles. The largest absolute Gasteiger partial charge is 0.340 e. The SMILES string of the molecule is CC(C)CC1(C(=O)N2CCNCC2)CCCC1.Cl. The molecule has 1 aliphatic carbocycles. The van der Waals surface area contributed by atoms with Crippen molar-refractivity contribution in [2.75, 3.05) is 26.2 Å². The third kappa shape index (κ3) is 3.39. The van der Waals surface area contributed by atoms with Crippen LogP contribution in [0.5, 0.6) is 0 Å². The molecule has 1 saturated heterocycles. The lowest BCUT2D eigenvalue weighted by molar-refractivity contribution is -0.143. The van der Waals surface area contributed by atoms with Crippen LogP contribution in [0.4, 0.5) is 0 Å². The van der Waals surface area contributed by atoms with E-state index in [1.807, 2.05) is 0 Å². The molecule has 0 radical (unpaired) electrons. The molecule has 3 nitrogen and oxygen atoms in total. The smallest absolute Gasteiger partial charge is 0.228 e. The van der Waals surface area contributed by atoms with Crippen LogP contribution in [0, 0.1) is 11.3 Å². The summed E-state index contributed by atoms with van der Waals surface area (Å²) in [4.78, 5) is 14.9. The van der Waals surface area contributed by atoms with Gasteiger partial charge in [-0.25, -0.2) is 0 Å². The zero-order valence-electron chi connectivity index (χ0n) is 11.7. The average Bonchev–Trinajstić information content (AvgIpc) is 2.78. The van der Waals surface area contributed by atoms with Crippen molar-refractivity contribution in [3.05, 3.63) is 0 Å². The number of rotatable bonds is 3. The Bertz CT molecular complexity index is 269. The molecule has 0 unspecified atom stereocenters. The van der Waals surface area contributed by atoms with Crippen LogP contribution < -0.4 is 5.32 Å². The predicted octanol–water partition coefficient (Wildman–Crippen LogP) is 2.45. The Morgan fingerprint density at radius 1 is 1.22 bits per heavy atom. The van der Waals surface area contributed by atoms with Gasteiger partial charge in [-0.05, 0) is 25.2 Å². The lowest BCUT2D eigenvalue weighted by atomic mass is 9.77. The lowest BCUT2D eigenvalue weighted by Gasteiger charge is -2.37. The van der Waals surface area contributed by atoms with E-state index in [0.29, 0.717) is 11.8 Å². The van der Waals surface area contributed by atoms with Gasteiger partial charge >= 0.3 is 0 Å². The molecule has 2 aliphatic rings. The summed E-state index contributed by atoms with van der Waals surface area (Å²) in [5, 5.41) is 3.32. The van der Waals surface area contributed by atoms with Crippen molar-refractivity contribution in [2.24, 2.45) is 11.3 Å². The molecule has 0 bridgehead atoms. The fourth-order valence-corrected chi connectivity index (χ4v) is 3.54. The maximum atomic E-state index is 12.8. The fourth-order valence-electron chi connectivity index (χ4n) is 3.54. The van der Waals surface area contributed by atoms with Crippen LogP contribution in [0.15, 0.2) is 0 Å². The number of halogens is 1. The van der Waals surface area contributed by atoms with E-state index in [4.69, 9.17) is 0 Å². The van der Waals surface area contributed by atoms with Gasteiger partial charge in [-0.1, -0.05) is 26.7 Å². The van der Waals surface area contributed by atoms with E-state index in [2.05, 4.69) is 24.1 Å². The summed E-state index contributed by atoms with van der Waals surface area (Å²) in [5.74, 6) is 1.07. The molecule has 0 spiro atoms. The summed E-state index contributed by atoms with van der Waals surface area (Å²) >= 11 is 0. The Morgan fingerprint density at radius 3 is 2.28 bits per heavy atom. The van der Waals surface area contributed by atoms with E-state index >= 15 is 0 Å². The second-order valence-electron chi connectivity index (χ2n) is 6.13. The molecule has 0 aromatic carbocycles. The quantitative estimate of drug-likeness (QED) is 0.857. The summed E-state index contributed by atoms with van der Waals surface area (Å²) in [5.41, 5.74) is -0.00843. The van der Waals surface area contributed by atoms with Crippen LogP contribution in [0.25, 0.3) is 0 Å². The Balaban J connectivity index is 0.00000162. The van der Waals surface area contributed by atoms with E-state index in [0.717, 1.165) is 45.4 Å². The number of hydrogen-bond acceptors (Lipinski definition) is 2. The van der Waals surface area contributed by atoms with Crippen LogP contribution in [0.1, 0.15) is 46.0 Å². The van der Waals surface area contributed by atoms with Gasteiger partial charge in [0.25, 0.3) is 0 Å². The Morgan fingerprint density at radius 2 is 1.78 bits per heavy atom. The number of carbonyl (C=O) groups is 1. The van der Waals surface area contributed by atoms with E-state index in [1.54, 1.807) is 0 Å². The van der Waals surface area contributed by atoms with Gasteiger partial charge in [0.1, 0.15) is 0 Å². The number of nitrogens with zero attached hydrogens (tertiary/aromatic N) is 1. The van der Waals surface area contributed by atoms with Gasteiger partial charge in [-0.2, -0.15) is 0 Å². The maximum absolute atomic E-state index is 12.8. The zero-order valence-corrected chi connectivity index (χ0v) is 12.5. The molecule has 2 rings (SSSR count). The number of nitrogens with one attached hydrogen (secondary N) is 1. The Kier molecular flexibility index (Phi) is 5.93. The standard InChI is InChI=1S/C14H26N2O.ClH/c1-12(2)11-14(5-3-4-6-14)13(17)16-9-7-15-8-10-16;/h12,15H,3-11H2,1-2H3;1H. The van der Waals surface area contributed by atoms with Crippen molar-refractivity contribution in [2.45, 2.75) is 46.0 Å². The molecule has 1 heterocycles. The molecular weight excluding hydrogens is 248 g/mol. The molecule has 18 heavy (non-hydrogen) atoms. The molecule has 0 aromatic rings. The molecular formula is C14H27ClN2O. The van der Waals surface area contributed by atoms with E-state index in [-0.39, 0.29) is 17.8 Å². The summed E-state index contributed by atoms with van der Waals surface area (Å²) in [6.07, 6.45) is 5.80. The Labute approximate surface area is 117 Å². The summed E-state index contributed by atoms with van der Waals surface area (Å²) in [7, 11) is 0. The number of hydrogen-bond donors (Lipinski definition) is 1. The summed E-state index contributed by atoms with van der Waals surface area (Å²) in [6, 6.07) is 0. The highest BCUT2D eigenvalue weighted by Crippen LogP contribution is 2.44. The topological polar surface area (TPSA) is 32.3 Å². The van der Waals surface area contributed by atoms with Crippen molar-refractivity contribution in [1.82, 2.24) is 10.2 Å². The highest BCUT2D eigenvalue weighted by Gasteiger charge is 2.43. The fraction of sp³-hybridized carbons (Fsp3) is 0.929. The number of amides is 1. The first-order valence-corrected chi connectivity index (χ1v) is 7.14. The van der Waals surface area contributed by atoms with Crippen molar-refractivity contribution >= 4 is 18.3 Å². The van der Waals surface area contributed by atoms with Crippen LogP contribution >= 0.6 is 12.4 Å². The maximum Gasteiger partial charge on any atom is 0.228 e. The first-order chi connectivity index (χ1) is 8.14. The van der Waals surface area contributed by atoms with Crippen LogP contribution in [0.2, 0.25) is 0 Å². The molecule has 1 N–H and O–H groups in total. The van der Waals surface area contributed by atoms with Gasteiger partial charge in [0, 0.05) is 31.6 Å². The average molecular weight is 275 g/mol. The molecule has 2 fully saturated rings. The highest BCUT2D eigenvalue weighted by atomic mass is 35.5.